The first-order chi connectivity index (χ1) is 10.1. The summed E-state index contributed by atoms with van der Waals surface area (Å²) < 4.78 is 13.0. The number of piperidine rings is 1. The van der Waals surface area contributed by atoms with E-state index >= 15 is 0 Å². The first-order valence-corrected chi connectivity index (χ1v) is 7.58. The molecule has 1 amide bonds. The van der Waals surface area contributed by atoms with Crippen molar-refractivity contribution in [3.05, 3.63) is 30.1 Å². The largest absolute Gasteiger partial charge is 0.326 e. The lowest BCUT2D eigenvalue weighted by Crippen LogP contribution is -2.35. The SMILES string of the molecule is CN(CCC(=O)Nc1cccc(F)c1)CC1CCNCC1. The van der Waals surface area contributed by atoms with Crippen LogP contribution in [0.1, 0.15) is 19.3 Å². The lowest BCUT2D eigenvalue weighted by Gasteiger charge is -2.27. The van der Waals surface area contributed by atoms with Crippen LogP contribution in [-0.4, -0.2) is 44.0 Å². The number of nitrogens with zero attached hydrogens (tertiary/aromatic N) is 1. The topological polar surface area (TPSA) is 44.4 Å². The van der Waals surface area contributed by atoms with Gasteiger partial charge in [0.25, 0.3) is 0 Å². The van der Waals surface area contributed by atoms with E-state index in [1.165, 1.54) is 25.0 Å². The maximum atomic E-state index is 13.0. The van der Waals surface area contributed by atoms with Gasteiger partial charge in [-0.05, 0) is 57.1 Å². The first kappa shape index (κ1) is 15.9. The van der Waals surface area contributed by atoms with Gasteiger partial charge in [-0.3, -0.25) is 4.79 Å². The van der Waals surface area contributed by atoms with Gasteiger partial charge in [0.2, 0.25) is 5.91 Å². The summed E-state index contributed by atoms with van der Waals surface area (Å²) in [6.45, 7) is 3.96. The molecule has 5 heteroatoms. The molecule has 1 aromatic carbocycles. The molecule has 2 rings (SSSR count). The van der Waals surface area contributed by atoms with Gasteiger partial charge < -0.3 is 15.5 Å². The Morgan fingerprint density at radius 2 is 2.19 bits per heavy atom. The van der Waals surface area contributed by atoms with Crippen molar-refractivity contribution in [3.8, 4) is 0 Å². The minimum absolute atomic E-state index is 0.0715. The van der Waals surface area contributed by atoms with Crippen molar-refractivity contribution in [2.75, 3.05) is 38.5 Å². The molecule has 116 valence electrons. The fourth-order valence-corrected chi connectivity index (χ4v) is 2.68. The van der Waals surface area contributed by atoms with Gasteiger partial charge in [0.1, 0.15) is 5.82 Å². The summed E-state index contributed by atoms with van der Waals surface area (Å²) in [4.78, 5) is 14.1. The molecule has 1 aliphatic heterocycles. The van der Waals surface area contributed by atoms with E-state index in [1.54, 1.807) is 12.1 Å². The van der Waals surface area contributed by atoms with Gasteiger partial charge in [0.05, 0.1) is 0 Å². The Morgan fingerprint density at radius 3 is 2.90 bits per heavy atom. The molecule has 0 aliphatic carbocycles. The Kier molecular flexibility index (Phi) is 6.14. The number of carbonyl (C=O) groups is 1. The highest BCUT2D eigenvalue weighted by Crippen LogP contribution is 2.13. The molecule has 1 saturated heterocycles. The number of hydrogen-bond acceptors (Lipinski definition) is 3. The zero-order valence-corrected chi connectivity index (χ0v) is 12.6. The third-order valence-corrected chi connectivity index (χ3v) is 3.86. The molecule has 1 aromatic rings. The zero-order chi connectivity index (χ0) is 15.1. The van der Waals surface area contributed by atoms with E-state index in [4.69, 9.17) is 0 Å². The second-order valence-electron chi connectivity index (χ2n) is 5.76. The van der Waals surface area contributed by atoms with Crippen molar-refractivity contribution in [1.29, 1.82) is 0 Å². The molecule has 2 N–H and O–H groups in total. The van der Waals surface area contributed by atoms with Gasteiger partial charge in [-0.2, -0.15) is 0 Å². The number of anilines is 1. The van der Waals surface area contributed by atoms with Crippen molar-refractivity contribution in [2.45, 2.75) is 19.3 Å². The smallest absolute Gasteiger partial charge is 0.225 e. The zero-order valence-electron chi connectivity index (χ0n) is 12.6. The molecule has 0 saturated carbocycles. The third kappa shape index (κ3) is 5.81. The summed E-state index contributed by atoms with van der Waals surface area (Å²) in [7, 11) is 2.05. The Hall–Kier alpha value is -1.46. The molecule has 1 aliphatic rings. The molecule has 0 unspecified atom stereocenters. The van der Waals surface area contributed by atoms with Crippen LogP contribution >= 0.6 is 0 Å². The average molecular weight is 293 g/mol. The van der Waals surface area contributed by atoms with Crippen molar-refractivity contribution < 1.29 is 9.18 Å². The Bertz CT molecular complexity index is 461. The summed E-state index contributed by atoms with van der Waals surface area (Å²) >= 11 is 0. The standard InChI is InChI=1S/C16H24FN3O/c1-20(12-13-5-8-18-9-6-13)10-7-16(21)19-15-4-2-3-14(17)11-15/h2-4,11,13,18H,5-10,12H2,1H3,(H,19,21). The van der Waals surface area contributed by atoms with Crippen molar-refractivity contribution in [1.82, 2.24) is 10.2 Å². The molecular formula is C16H24FN3O. The number of benzene rings is 1. The minimum Gasteiger partial charge on any atom is -0.326 e. The Labute approximate surface area is 125 Å². The van der Waals surface area contributed by atoms with E-state index in [1.807, 2.05) is 0 Å². The maximum Gasteiger partial charge on any atom is 0.225 e. The summed E-state index contributed by atoms with van der Waals surface area (Å²) in [6, 6.07) is 5.98. The summed E-state index contributed by atoms with van der Waals surface area (Å²) in [5, 5.41) is 6.08. The van der Waals surface area contributed by atoms with Crippen molar-refractivity contribution in [2.24, 2.45) is 5.92 Å². The Balaban J connectivity index is 1.68. The van der Waals surface area contributed by atoms with E-state index in [0.29, 0.717) is 12.1 Å². The lowest BCUT2D eigenvalue weighted by molar-refractivity contribution is -0.116. The van der Waals surface area contributed by atoms with E-state index < -0.39 is 0 Å². The fourth-order valence-electron chi connectivity index (χ4n) is 2.68. The number of halogens is 1. The lowest BCUT2D eigenvalue weighted by atomic mass is 9.98. The highest BCUT2D eigenvalue weighted by atomic mass is 19.1. The first-order valence-electron chi connectivity index (χ1n) is 7.58. The predicted molar refractivity (Wildman–Crippen MR) is 82.7 cm³/mol. The van der Waals surface area contributed by atoms with Crippen molar-refractivity contribution >= 4 is 11.6 Å². The second-order valence-corrected chi connectivity index (χ2v) is 5.76. The van der Waals surface area contributed by atoms with Crippen LogP contribution in [0.3, 0.4) is 0 Å². The quantitative estimate of drug-likeness (QED) is 0.844. The van der Waals surface area contributed by atoms with E-state index in [0.717, 1.165) is 32.1 Å². The molecular weight excluding hydrogens is 269 g/mol. The summed E-state index contributed by atoms with van der Waals surface area (Å²) in [5.41, 5.74) is 0.515. The van der Waals surface area contributed by atoms with Crippen LogP contribution in [0.25, 0.3) is 0 Å². The number of rotatable bonds is 6. The molecule has 4 nitrogen and oxygen atoms in total. The van der Waals surface area contributed by atoms with Crippen LogP contribution in [0.4, 0.5) is 10.1 Å². The van der Waals surface area contributed by atoms with E-state index in [2.05, 4.69) is 22.6 Å². The van der Waals surface area contributed by atoms with Gasteiger partial charge in [0.15, 0.2) is 0 Å². The number of amides is 1. The minimum atomic E-state index is -0.337. The second kappa shape index (κ2) is 8.10. The van der Waals surface area contributed by atoms with E-state index in [9.17, 15) is 9.18 Å². The number of nitrogens with one attached hydrogen (secondary N) is 2. The van der Waals surface area contributed by atoms with Gasteiger partial charge in [0, 0.05) is 25.2 Å². The molecule has 0 spiro atoms. The molecule has 21 heavy (non-hydrogen) atoms. The predicted octanol–water partition coefficient (Wildman–Crippen LogP) is 2.09. The molecule has 1 heterocycles. The van der Waals surface area contributed by atoms with Gasteiger partial charge in [-0.25, -0.2) is 4.39 Å². The van der Waals surface area contributed by atoms with E-state index in [-0.39, 0.29) is 11.7 Å². The maximum absolute atomic E-state index is 13.0. The van der Waals surface area contributed by atoms with Crippen LogP contribution in [0.15, 0.2) is 24.3 Å². The molecule has 0 bridgehead atoms. The molecule has 0 atom stereocenters. The average Bonchev–Trinajstić information content (AvgIpc) is 2.46. The highest BCUT2D eigenvalue weighted by molar-refractivity contribution is 5.90. The van der Waals surface area contributed by atoms with Crippen LogP contribution in [0, 0.1) is 11.7 Å². The monoisotopic (exact) mass is 293 g/mol. The van der Waals surface area contributed by atoms with Crippen molar-refractivity contribution in [3.63, 3.8) is 0 Å². The third-order valence-electron chi connectivity index (χ3n) is 3.86. The van der Waals surface area contributed by atoms with Gasteiger partial charge in [-0.15, -0.1) is 0 Å². The molecule has 0 radical (unpaired) electrons. The van der Waals surface area contributed by atoms with Crippen LogP contribution in [0.2, 0.25) is 0 Å². The normalized spacial score (nSPS) is 16.1. The Morgan fingerprint density at radius 1 is 1.43 bits per heavy atom. The van der Waals surface area contributed by atoms with Crippen LogP contribution in [0.5, 0.6) is 0 Å². The number of carbonyl (C=O) groups excluding carboxylic acids is 1. The van der Waals surface area contributed by atoms with Crippen LogP contribution in [-0.2, 0) is 4.79 Å². The van der Waals surface area contributed by atoms with Gasteiger partial charge >= 0.3 is 0 Å². The van der Waals surface area contributed by atoms with Crippen LogP contribution < -0.4 is 10.6 Å². The molecule has 0 aromatic heterocycles. The number of hydrogen-bond donors (Lipinski definition) is 2. The summed E-state index contributed by atoms with van der Waals surface area (Å²) in [5.74, 6) is 0.316. The fraction of sp³-hybridized carbons (Fsp3) is 0.562. The molecule has 1 fully saturated rings. The summed E-state index contributed by atoms with van der Waals surface area (Å²) in [6.07, 6.45) is 2.84. The highest BCUT2D eigenvalue weighted by Gasteiger charge is 2.15. The van der Waals surface area contributed by atoms with Gasteiger partial charge in [-0.1, -0.05) is 6.07 Å².